The number of carbonyl (C=O) groups is 2. The summed E-state index contributed by atoms with van der Waals surface area (Å²) in [6, 6.07) is 0. The van der Waals surface area contributed by atoms with Gasteiger partial charge in [-0.15, -0.1) is 0 Å². The summed E-state index contributed by atoms with van der Waals surface area (Å²) < 4.78 is 0. The zero-order chi connectivity index (χ0) is 15.5. The molecule has 116 valence electrons. The van der Waals surface area contributed by atoms with E-state index in [1.165, 1.54) is 0 Å². The van der Waals surface area contributed by atoms with Gasteiger partial charge in [-0.05, 0) is 18.8 Å². The number of rotatable bonds is 6. The smallest absolute Gasteiger partial charge is 0.141 e. The van der Waals surface area contributed by atoms with Gasteiger partial charge in [-0.1, -0.05) is 60.8 Å². The van der Waals surface area contributed by atoms with Crippen molar-refractivity contribution >= 4 is 11.6 Å². The van der Waals surface area contributed by atoms with E-state index in [9.17, 15) is 9.59 Å². The van der Waals surface area contributed by atoms with Gasteiger partial charge in [0.25, 0.3) is 0 Å². The van der Waals surface area contributed by atoms with Crippen LogP contribution in [0.15, 0.2) is 0 Å². The van der Waals surface area contributed by atoms with Gasteiger partial charge in [0.15, 0.2) is 0 Å². The number of carbonyl (C=O) groups excluding carboxylic acids is 2. The van der Waals surface area contributed by atoms with Crippen molar-refractivity contribution in [2.24, 2.45) is 29.1 Å². The van der Waals surface area contributed by atoms with Crippen LogP contribution in [0.4, 0.5) is 0 Å². The minimum atomic E-state index is -0.328. The number of hydrogen-bond donors (Lipinski definition) is 0. The third-order valence-electron chi connectivity index (χ3n) is 5.00. The van der Waals surface area contributed by atoms with E-state index in [2.05, 4.69) is 20.8 Å². The van der Waals surface area contributed by atoms with E-state index in [1.807, 2.05) is 20.8 Å². The highest BCUT2D eigenvalue weighted by Crippen LogP contribution is 2.39. The van der Waals surface area contributed by atoms with Crippen molar-refractivity contribution in [3.8, 4) is 0 Å². The van der Waals surface area contributed by atoms with Crippen molar-refractivity contribution in [1.82, 2.24) is 0 Å². The molecule has 1 saturated carbocycles. The molecule has 1 fully saturated rings. The van der Waals surface area contributed by atoms with Crippen LogP contribution >= 0.6 is 0 Å². The molecule has 0 radical (unpaired) electrons. The molecule has 1 rings (SSSR count). The van der Waals surface area contributed by atoms with Crippen molar-refractivity contribution in [3.63, 3.8) is 0 Å². The van der Waals surface area contributed by atoms with Gasteiger partial charge in [0.1, 0.15) is 11.6 Å². The lowest BCUT2D eigenvalue weighted by molar-refractivity contribution is -0.138. The summed E-state index contributed by atoms with van der Waals surface area (Å²) >= 11 is 0. The Morgan fingerprint density at radius 1 is 1.10 bits per heavy atom. The molecule has 2 nitrogen and oxygen atoms in total. The van der Waals surface area contributed by atoms with Crippen LogP contribution in [0.1, 0.15) is 73.6 Å². The second-order valence-corrected chi connectivity index (χ2v) is 7.72. The standard InChI is InChI=1S/C18H32O2/c1-7-9-12(2)13(3)16(19)14-10-8-11-15(14)17(20)18(4,5)6/h12-15H,7-11H2,1-6H3. The quantitative estimate of drug-likeness (QED) is 0.709. The predicted octanol–water partition coefficient (Wildman–Crippen LogP) is 4.66. The second kappa shape index (κ2) is 6.87. The molecule has 0 spiro atoms. The topological polar surface area (TPSA) is 34.1 Å². The van der Waals surface area contributed by atoms with Gasteiger partial charge >= 0.3 is 0 Å². The summed E-state index contributed by atoms with van der Waals surface area (Å²) in [6.07, 6.45) is 5.05. The summed E-state index contributed by atoms with van der Waals surface area (Å²) in [5.41, 5.74) is -0.328. The van der Waals surface area contributed by atoms with Crippen LogP contribution in [0.2, 0.25) is 0 Å². The van der Waals surface area contributed by atoms with E-state index in [-0.39, 0.29) is 29.0 Å². The maximum atomic E-state index is 12.8. The van der Waals surface area contributed by atoms with Gasteiger partial charge in [0.05, 0.1) is 0 Å². The van der Waals surface area contributed by atoms with Crippen LogP contribution in [0.3, 0.4) is 0 Å². The average Bonchev–Trinajstić information content (AvgIpc) is 2.84. The fourth-order valence-corrected chi connectivity index (χ4v) is 3.49. The van der Waals surface area contributed by atoms with Gasteiger partial charge in [0.2, 0.25) is 0 Å². The van der Waals surface area contributed by atoms with Crippen LogP contribution in [-0.2, 0) is 9.59 Å². The number of Topliss-reactive ketones (excluding diaryl/α,β-unsaturated/α-hetero) is 2. The number of hydrogen-bond acceptors (Lipinski definition) is 2. The van der Waals surface area contributed by atoms with E-state index in [0.29, 0.717) is 11.7 Å². The molecule has 1 aliphatic carbocycles. The van der Waals surface area contributed by atoms with Crippen molar-refractivity contribution in [2.45, 2.75) is 73.6 Å². The molecule has 0 heterocycles. The van der Waals surface area contributed by atoms with E-state index in [4.69, 9.17) is 0 Å². The first-order valence-corrected chi connectivity index (χ1v) is 8.28. The van der Waals surface area contributed by atoms with Crippen LogP contribution < -0.4 is 0 Å². The van der Waals surface area contributed by atoms with Crippen molar-refractivity contribution in [1.29, 1.82) is 0 Å². The molecule has 4 unspecified atom stereocenters. The Labute approximate surface area is 124 Å². The third kappa shape index (κ3) is 3.93. The Hall–Kier alpha value is -0.660. The highest BCUT2D eigenvalue weighted by Gasteiger charge is 2.42. The molecule has 0 N–H and O–H groups in total. The lowest BCUT2D eigenvalue weighted by atomic mass is 9.74. The maximum Gasteiger partial charge on any atom is 0.141 e. The first-order valence-electron chi connectivity index (χ1n) is 8.28. The molecule has 0 aromatic rings. The number of ketones is 2. The molecule has 0 aliphatic heterocycles. The van der Waals surface area contributed by atoms with Crippen molar-refractivity contribution < 1.29 is 9.59 Å². The zero-order valence-electron chi connectivity index (χ0n) is 14.2. The van der Waals surface area contributed by atoms with Gasteiger partial charge in [0, 0.05) is 23.2 Å². The lowest BCUT2D eigenvalue weighted by Gasteiger charge is -2.28. The molecule has 0 saturated heterocycles. The fourth-order valence-electron chi connectivity index (χ4n) is 3.49. The van der Waals surface area contributed by atoms with Crippen LogP contribution in [0.5, 0.6) is 0 Å². The molecule has 0 bridgehead atoms. The molecule has 1 aliphatic rings. The van der Waals surface area contributed by atoms with Crippen LogP contribution in [0, 0.1) is 29.1 Å². The fraction of sp³-hybridized carbons (Fsp3) is 0.889. The first-order chi connectivity index (χ1) is 9.20. The molecule has 20 heavy (non-hydrogen) atoms. The summed E-state index contributed by atoms with van der Waals surface area (Å²) in [7, 11) is 0. The Morgan fingerprint density at radius 3 is 2.15 bits per heavy atom. The highest BCUT2D eigenvalue weighted by atomic mass is 16.1. The molecule has 2 heteroatoms. The van der Waals surface area contributed by atoms with Gasteiger partial charge in [-0.2, -0.15) is 0 Å². The van der Waals surface area contributed by atoms with E-state index in [0.717, 1.165) is 32.1 Å². The van der Waals surface area contributed by atoms with E-state index >= 15 is 0 Å². The monoisotopic (exact) mass is 280 g/mol. The van der Waals surface area contributed by atoms with Crippen LogP contribution in [-0.4, -0.2) is 11.6 Å². The Kier molecular flexibility index (Phi) is 5.97. The largest absolute Gasteiger partial charge is 0.299 e. The normalized spacial score (nSPS) is 26.3. The molecular formula is C18H32O2. The summed E-state index contributed by atoms with van der Waals surface area (Å²) in [5, 5.41) is 0. The first kappa shape index (κ1) is 17.4. The lowest BCUT2D eigenvalue weighted by Crippen LogP contribution is -2.36. The zero-order valence-corrected chi connectivity index (χ0v) is 14.2. The average molecular weight is 280 g/mol. The summed E-state index contributed by atoms with van der Waals surface area (Å²) in [5.74, 6) is 1.09. The minimum absolute atomic E-state index is 0.0176. The van der Waals surface area contributed by atoms with E-state index in [1.54, 1.807) is 0 Å². The Bertz CT molecular complexity index is 351. The predicted molar refractivity (Wildman–Crippen MR) is 83.5 cm³/mol. The minimum Gasteiger partial charge on any atom is -0.299 e. The Morgan fingerprint density at radius 2 is 1.65 bits per heavy atom. The molecular weight excluding hydrogens is 248 g/mol. The second-order valence-electron chi connectivity index (χ2n) is 7.72. The molecule has 0 aromatic heterocycles. The van der Waals surface area contributed by atoms with Gasteiger partial charge in [-0.25, -0.2) is 0 Å². The Balaban J connectivity index is 2.79. The molecule has 0 aromatic carbocycles. The SMILES string of the molecule is CCCC(C)C(C)C(=O)C1CCCC1C(=O)C(C)(C)C. The molecule has 4 atom stereocenters. The van der Waals surface area contributed by atoms with E-state index < -0.39 is 0 Å². The summed E-state index contributed by atoms with van der Waals surface area (Å²) in [4.78, 5) is 25.3. The van der Waals surface area contributed by atoms with Crippen molar-refractivity contribution in [2.75, 3.05) is 0 Å². The van der Waals surface area contributed by atoms with Gasteiger partial charge < -0.3 is 0 Å². The van der Waals surface area contributed by atoms with Crippen molar-refractivity contribution in [3.05, 3.63) is 0 Å². The van der Waals surface area contributed by atoms with Gasteiger partial charge in [-0.3, -0.25) is 9.59 Å². The third-order valence-corrected chi connectivity index (χ3v) is 5.00. The highest BCUT2D eigenvalue weighted by molar-refractivity contribution is 5.93. The van der Waals surface area contributed by atoms with Crippen LogP contribution in [0.25, 0.3) is 0 Å². The molecule has 0 amide bonds. The summed E-state index contributed by atoms with van der Waals surface area (Å²) in [6.45, 7) is 12.3. The maximum absolute atomic E-state index is 12.8.